The van der Waals surface area contributed by atoms with E-state index in [1.807, 2.05) is 20.8 Å². The predicted octanol–water partition coefficient (Wildman–Crippen LogP) is 3.82. The van der Waals surface area contributed by atoms with Crippen LogP contribution in [0, 0.1) is 0 Å². The number of benzene rings is 2. The number of Topliss-reactive ketones (excluding diaryl/α,β-unsaturated/α-hetero) is 2. The second kappa shape index (κ2) is 15.9. The number of ketones is 5. The molecule has 2 aromatic rings. The van der Waals surface area contributed by atoms with E-state index >= 15 is 0 Å². The lowest BCUT2D eigenvalue weighted by atomic mass is 9.78. The molecule has 4 fully saturated rings. The van der Waals surface area contributed by atoms with Crippen molar-refractivity contribution in [3.63, 3.8) is 0 Å². The molecule has 0 unspecified atom stereocenters. The number of phenolic OH excluding ortho intramolecular Hbond substituents is 1. The number of carbonyl (C=O) groups is 5. The molecule has 2 aromatic carbocycles. The quantitative estimate of drug-likeness (QED) is 0.386. The maximum absolute atomic E-state index is 13.5. The standard InChI is InChI=1S/C31H30O9.C12H18O6/c1-15-22(32)8-10-25(37-15)39-24-9-11-26(38-16(24)2)40-31(3)13-17-4-5-18-21(12-17)28(34)20-7-6-19(23(33)14-31)30(36)27(20)29(18)35;1-5-7(13)3-9-12(16-5)18-11-6(2)15-10(14)4-8(11)17-9/h4-8,10,12,15-16,24-26,36H,9,11,13-14H2,1-3H3;5-6,8-12,14H,3-4H2,1-2H3/t15-,16-,24-,25-,26-,31+;5-,6+,8+,9-,10+,11+,12-/m00/s1. The van der Waals surface area contributed by atoms with Gasteiger partial charge in [-0.05, 0) is 77.0 Å². The SMILES string of the molecule is C[C@@H]1O[C@@H](O[C@H]2CC[C@H](O[C@@]3(C)CC(=O)c4ccc5c(c4O)C(=O)c4ccc(cc4C5=O)C3)O[C@H]2C)C=CC1=O.C[C@@H]1O[C@H]2O[C@@H]3[C@@H](C)O[C@@H](O)C[C@H]3O[C@H]2CC1=O. The van der Waals surface area contributed by atoms with Crippen molar-refractivity contribution in [2.45, 2.75) is 153 Å². The third-order valence-corrected chi connectivity index (χ3v) is 11.9. The molecule has 13 atom stereocenters. The van der Waals surface area contributed by atoms with Crippen molar-refractivity contribution in [2.24, 2.45) is 0 Å². The van der Waals surface area contributed by atoms with Gasteiger partial charge in [0, 0.05) is 48.8 Å². The summed E-state index contributed by atoms with van der Waals surface area (Å²) in [6, 6.07) is 7.86. The molecule has 0 spiro atoms. The molecular weight excluding hydrogens is 756 g/mol. The fourth-order valence-corrected chi connectivity index (χ4v) is 8.78. The van der Waals surface area contributed by atoms with Gasteiger partial charge >= 0.3 is 0 Å². The molecule has 0 saturated carbocycles. The first-order valence-electron chi connectivity index (χ1n) is 19.9. The third kappa shape index (κ3) is 7.87. The van der Waals surface area contributed by atoms with Gasteiger partial charge in [-0.1, -0.05) is 12.1 Å². The summed E-state index contributed by atoms with van der Waals surface area (Å²) in [5, 5.41) is 20.5. The highest BCUT2D eigenvalue weighted by Crippen LogP contribution is 2.40. The van der Waals surface area contributed by atoms with Crippen LogP contribution >= 0.6 is 0 Å². The molecule has 5 aliphatic heterocycles. The van der Waals surface area contributed by atoms with Crippen LogP contribution in [0.2, 0.25) is 0 Å². The summed E-state index contributed by atoms with van der Waals surface area (Å²) in [7, 11) is 0. The maximum atomic E-state index is 13.5. The second-order valence-electron chi connectivity index (χ2n) is 16.4. The average Bonchev–Trinajstić information content (AvgIpc) is 3.16. The van der Waals surface area contributed by atoms with Crippen molar-refractivity contribution in [3.8, 4) is 5.75 Å². The largest absolute Gasteiger partial charge is 0.506 e. The molecule has 310 valence electrons. The Labute approximate surface area is 334 Å². The zero-order valence-electron chi connectivity index (χ0n) is 32.9. The number of aliphatic hydroxyl groups is 1. The van der Waals surface area contributed by atoms with Crippen molar-refractivity contribution in [3.05, 3.63) is 75.9 Å². The van der Waals surface area contributed by atoms with Crippen LogP contribution in [0.4, 0.5) is 0 Å². The maximum Gasteiger partial charge on any atom is 0.198 e. The molecule has 4 saturated heterocycles. The van der Waals surface area contributed by atoms with Gasteiger partial charge in [-0.2, -0.15) is 0 Å². The van der Waals surface area contributed by atoms with E-state index in [0.29, 0.717) is 25.7 Å². The van der Waals surface area contributed by atoms with Gasteiger partial charge in [0.15, 0.2) is 54.1 Å². The normalized spacial score (nSPS) is 38.1. The number of ether oxygens (including phenoxy) is 8. The highest BCUT2D eigenvalue weighted by Gasteiger charge is 2.49. The molecule has 58 heavy (non-hydrogen) atoms. The lowest BCUT2D eigenvalue weighted by Crippen LogP contribution is -2.61. The molecule has 2 N–H and O–H groups in total. The van der Waals surface area contributed by atoms with E-state index in [4.69, 9.17) is 37.9 Å². The van der Waals surface area contributed by atoms with Crippen LogP contribution in [0.5, 0.6) is 5.75 Å². The van der Waals surface area contributed by atoms with Crippen LogP contribution in [0.3, 0.4) is 0 Å². The van der Waals surface area contributed by atoms with E-state index in [0.717, 1.165) is 5.56 Å². The van der Waals surface area contributed by atoms with Crippen molar-refractivity contribution in [2.75, 3.05) is 0 Å². The number of hydrogen-bond acceptors (Lipinski definition) is 15. The first kappa shape index (κ1) is 40.7. The highest BCUT2D eigenvalue weighted by atomic mass is 16.7. The van der Waals surface area contributed by atoms with Gasteiger partial charge in [0.2, 0.25) is 0 Å². The molecule has 5 heterocycles. The van der Waals surface area contributed by atoms with Gasteiger partial charge in [0.25, 0.3) is 0 Å². The van der Waals surface area contributed by atoms with Crippen LogP contribution in [0.25, 0.3) is 0 Å². The number of hydrogen-bond donors (Lipinski definition) is 2. The second-order valence-corrected chi connectivity index (χ2v) is 16.4. The van der Waals surface area contributed by atoms with Gasteiger partial charge in [-0.3, -0.25) is 24.0 Å². The average molecular weight is 805 g/mol. The lowest BCUT2D eigenvalue weighted by Gasteiger charge is -2.48. The monoisotopic (exact) mass is 804 g/mol. The van der Waals surface area contributed by atoms with Gasteiger partial charge < -0.3 is 48.1 Å². The van der Waals surface area contributed by atoms with E-state index in [-0.39, 0.29) is 94.6 Å². The Morgan fingerprint density at radius 3 is 2.28 bits per heavy atom. The Morgan fingerprint density at radius 1 is 0.759 bits per heavy atom. The summed E-state index contributed by atoms with van der Waals surface area (Å²) in [5.41, 5.74) is 0.116. The highest BCUT2D eigenvalue weighted by molar-refractivity contribution is 6.30. The number of rotatable bonds is 4. The van der Waals surface area contributed by atoms with Crippen LogP contribution in [0.1, 0.15) is 114 Å². The third-order valence-electron chi connectivity index (χ3n) is 11.9. The van der Waals surface area contributed by atoms with E-state index in [9.17, 15) is 34.2 Å². The molecule has 0 amide bonds. The Kier molecular flexibility index (Phi) is 11.1. The summed E-state index contributed by atoms with van der Waals surface area (Å²) in [5.74, 6) is -1.80. The van der Waals surface area contributed by atoms with Crippen molar-refractivity contribution >= 4 is 28.9 Å². The smallest absolute Gasteiger partial charge is 0.198 e. The number of carbonyl (C=O) groups excluding carboxylic acids is 5. The van der Waals surface area contributed by atoms with Crippen molar-refractivity contribution < 1.29 is 72.1 Å². The van der Waals surface area contributed by atoms with Crippen LogP contribution in [0.15, 0.2) is 42.5 Å². The van der Waals surface area contributed by atoms with E-state index in [1.165, 1.54) is 18.2 Å². The molecule has 15 nitrogen and oxygen atoms in total. The summed E-state index contributed by atoms with van der Waals surface area (Å²) in [4.78, 5) is 63.2. The molecule has 4 aliphatic carbocycles. The van der Waals surface area contributed by atoms with Crippen LogP contribution in [-0.4, -0.2) is 119 Å². The number of aliphatic hydroxyl groups excluding tert-OH is 1. The summed E-state index contributed by atoms with van der Waals surface area (Å²) in [6.07, 6.45) is -0.380. The zero-order valence-corrected chi connectivity index (χ0v) is 32.9. The van der Waals surface area contributed by atoms with E-state index in [2.05, 4.69) is 0 Å². The molecule has 6 bridgehead atoms. The van der Waals surface area contributed by atoms with E-state index < -0.39 is 60.3 Å². The van der Waals surface area contributed by atoms with Crippen molar-refractivity contribution in [1.82, 2.24) is 0 Å². The Morgan fingerprint density at radius 2 is 1.52 bits per heavy atom. The van der Waals surface area contributed by atoms with E-state index in [1.54, 1.807) is 38.1 Å². The molecule has 0 radical (unpaired) electrons. The Bertz CT molecular complexity index is 2040. The number of aromatic hydroxyl groups is 1. The number of fused-ring (bicyclic) bond motifs is 4. The van der Waals surface area contributed by atoms with Crippen molar-refractivity contribution in [1.29, 1.82) is 0 Å². The lowest BCUT2D eigenvalue weighted by molar-refractivity contribution is -0.359. The van der Waals surface area contributed by atoms with Crippen LogP contribution in [-0.2, 0) is 53.9 Å². The van der Waals surface area contributed by atoms with Gasteiger partial charge in [0.05, 0.1) is 41.1 Å². The zero-order chi connectivity index (χ0) is 41.2. The Balaban J connectivity index is 0.000000217. The number of phenols is 1. The van der Waals surface area contributed by atoms with Gasteiger partial charge in [0.1, 0.15) is 30.2 Å². The predicted molar refractivity (Wildman–Crippen MR) is 199 cm³/mol. The first-order valence-corrected chi connectivity index (χ1v) is 19.9. The van der Waals surface area contributed by atoms with Crippen LogP contribution < -0.4 is 0 Å². The minimum absolute atomic E-state index is 0.0205. The fourth-order valence-electron chi connectivity index (χ4n) is 8.78. The molecule has 15 heteroatoms. The molecule has 11 rings (SSSR count). The molecule has 9 aliphatic rings. The minimum Gasteiger partial charge on any atom is -0.506 e. The fraction of sp³-hybridized carbons (Fsp3) is 0.558. The van der Waals surface area contributed by atoms with Gasteiger partial charge in [-0.15, -0.1) is 0 Å². The molecular formula is C43H48O15. The topological polar surface area (TPSA) is 200 Å². The summed E-state index contributed by atoms with van der Waals surface area (Å²) in [6.45, 7) is 8.92. The minimum atomic E-state index is -1.05. The Hall–Kier alpha value is -4.03. The summed E-state index contributed by atoms with van der Waals surface area (Å²) < 4.78 is 46.8. The summed E-state index contributed by atoms with van der Waals surface area (Å²) >= 11 is 0. The first-order chi connectivity index (χ1) is 27.6. The molecule has 0 aromatic heterocycles. The van der Waals surface area contributed by atoms with Gasteiger partial charge in [-0.25, -0.2) is 0 Å².